The van der Waals surface area contributed by atoms with Gasteiger partial charge < -0.3 is 5.32 Å². The van der Waals surface area contributed by atoms with E-state index in [2.05, 4.69) is 21.4 Å². The average molecular weight is 378 g/mol. The molecule has 0 radical (unpaired) electrons. The molecule has 0 unspecified atom stereocenters. The number of rotatable bonds is 5. The second-order valence-corrected chi connectivity index (χ2v) is 6.74. The van der Waals surface area contributed by atoms with Crippen molar-refractivity contribution in [3.8, 4) is 17.2 Å². The Morgan fingerprint density at radius 1 is 0.966 bits per heavy atom. The smallest absolute Gasteiger partial charge is 0.159 e. The molecule has 0 spiro atoms. The first kappa shape index (κ1) is 18.3. The van der Waals surface area contributed by atoms with E-state index < -0.39 is 0 Å². The van der Waals surface area contributed by atoms with Crippen molar-refractivity contribution in [2.24, 2.45) is 0 Å². The fourth-order valence-corrected chi connectivity index (χ4v) is 3.17. The number of fused-ring (bicyclic) bond motifs is 1. The molecule has 0 atom stereocenters. The third-order valence-electron chi connectivity index (χ3n) is 4.76. The van der Waals surface area contributed by atoms with Crippen LogP contribution in [0.25, 0.3) is 22.0 Å². The van der Waals surface area contributed by atoms with Crippen molar-refractivity contribution in [2.75, 3.05) is 5.32 Å². The van der Waals surface area contributed by atoms with Gasteiger partial charge in [0.1, 0.15) is 12.1 Å². The molecule has 0 bridgehead atoms. The molecular weight excluding hydrogens is 360 g/mol. The van der Waals surface area contributed by atoms with Crippen LogP contribution in [0.5, 0.6) is 0 Å². The summed E-state index contributed by atoms with van der Waals surface area (Å²) in [6.45, 7) is 1.56. The van der Waals surface area contributed by atoms with Gasteiger partial charge in [-0.05, 0) is 47.9 Å². The third kappa shape index (κ3) is 3.97. The number of Topliss-reactive ketones (excluding diaryl/α,β-unsaturated/α-hetero) is 1. The van der Waals surface area contributed by atoms with E-state index in [4.69, 9.17) is 5.26 Å². The van der Waals surface area contributed by atoms with Crippen molar-refractivity contribution in [1.29, 1.82) is 5.26 Å². The van der Waals surface area contributed by atoms with Gasteiger partial charge in [0.25, 0.3) is 0 Å². The zero-order chi connectivity index (χ0) is 20.2. The molecule has 1 N–H and O–H groups in total. The molecule has 0 amide bonds. The van der Waals surface area contributed by atoms with Crippen molar-refractivity contribution in [1.82, 2.24) is 9.97 Å². The van der Waals surface area contributed by atoms with E-state index in [0.717, 1.165) is 33.3 Å². The standard InChI is InChI=1S/C24H18N4O/c1-16(29)18-4-6-19(7-5-18)20-8-11-23-22(14-20)24(27-15-26-23)28-21-9-2-17(3-10-21)12-13-25/h2-11,14-15H,12H2,1H3,(H,26,27,28). The Labute approximate surface area is 168 Å². The number of hydrogen-bond donors (Lipinski definition) is 1. The molecule has 4 rings (SSSR count). The highest BCUT2D eigenvalue weighted by atomic mass is 16.1. The number of nitrogens with zero attached hydrogens (tertiary/aromatic N) is 3. The fourth-order valence-electron chi connectivity index (χ4n) is 3.17. The number of carbonyl (C=O) groups excluding carboxylic acids is 1. The van der Waals surface area contributed by atoms with E-state index in [9.17, 15) is 4.79 Å². The molecule has 0 aliphatic heterocycles. The first-order valence-corrected chi connectivity index (χ1v) is 9.23. The van der Waals surface area contributed by atoms with Crippen LogP contribution in [0.1, 0.15) is 22.8 Å². The molecule has 0 saturated heterocycles. The van der Waals surface area contributed by atoms with Crippen molar-refractivity contribution < 1.29 is 4.79 Å². The Hall–Kier alpha value is -4.04. The van der Waals surface area contributed by atoms with Crippen LogP contribution in [0.3, 0.4) is 0 Å². The SMILES string of the molecule is CC(=O)c1ccc(-c2ccc3ncnc(Nc4ccc(CC#N)cc4)c3c2)cc1. The van der Waals surface area contributed by atoms with Gasteiger partial charge in [0, 0.05) is 16.6 Å². The molecule has 140 valence electrons. The molecule has 0 aliphatic rings. The topological polar surface area (TPSA) is 78.7 Å². The molecule has 0 aliphatic carbocycles. The van der Waals surface area contributed by atoms with E-state index in [-0.39, 0.29) is 5.78 Å². The highest BCUT2D eigenvalue weighted by molar-refractivity contribution is 5.96. The summed E-state index contributed by atoms with van der Waals surface area (Å²) >= 11 is 0. The summed E-state index contributed by atoms with van der Waals surface area (Å²) in [4.78, 5) is 20.3. The van der Waals surface area contributed by atoms with E-state index in [1.165, 1.54) is 6.33 Å². The third-order valence-corrected chi connectivity index (χ3v) is 4.76. The van der Waals surface area contributed by atoms with Gasteiger partial charge in [-0.3, -0.25) is 4.79 Å². The predicted molar refractivity (Wildman–Crippen MR) is 114 cm³/mol. The molecule has 5 nitrogen and oxygen atoms in total. The van der Waals surface area contributed by atoms with Crippen molar-refractivity contribution in [3.63, 3.8) is 0 Å². The quantitative estimate of drug-likeness (QED) is 0.476. The summed E-state index contributed by atoms with van der Waals surface area (Å²) in [5.74, 6) is 0.765. The van der Waals surface area contributed by atoms with Crippen molar-refractivity contribution in [3.05, 3.63) is 84.2 Å². The normalized spacial score (nSPS) is 10.5. The minimum Gasteiger partial charge on any atom is -0.340 e. The fraction of sp³-hybridized carbons (Fsp3) is 0.0833. The summed E-state index contributed by atoms with van der Waals surface area (Å²) in [7, 11) is 0. The van der Waals surface area contributed by atoms with Crippen LogP contribution in [0.15, 0.2) is 73.1 Å². The Kier molecular flexibility index (Phi) is 5.00. The van der Waals surface area contributed by atoms with E-state index in [0.29, 0.717) is 17.8 Å². The van der Waals surface area contributed by atoms with E-state index in [1.807, 2.05) is 66.7 Å². The van der Waals surface area contributed by atoms with Gasteiger partial charge in [0.15, 0.2) is 5.78 Å². The zero-order valence-corrected chi connectivity index (χ0v) is 15.9. The lowest BCUT2D eigenvalue weighted by atomic mass is 10.0. The van der Waals surface area contributed by atoms with Crippen LogP contribution in [0.2, 0.25) is 0 Å². The van der Waals surface area contributed by atoms with Crippen LogP contribution in [0.4, 0.5) is 11.5 Å². The van der Waals surface area contributed by atoms with Gasteiger partial charge in [-0.2, -0.15) is 5.26 Å². The van der Waals surface area contributed by atoms with Crippen molar-refractivity contribution >= 4 is 28.2 Å². The first-order chi connectivity index (χ1) is 14.1. The van der Waals surface area contributed by atoms with Gasteiger partial charge in [0.2, 0.25) is 0 Å². The number of anilines is 2. The second kappa shape index (κ2) is 7.91. The number of benzene rings is 3. The first-order valence-electron chi connectivity index (χ1n) is 9.23. The molecule has 0 saturated carbocycles. The number of carbonyl (C=O) groups is 1. The maximum atomic E-state index is 11.5. The van der Waals surface area contributed by atoms with Crippen LogP contribution in [-0.2, 0) is 6.42 Å². The molecule has 1 aromatic heterocycles. The molecule has 4 aromatic rings. The van der Waals surface area contributed by atoms with E-state index >= 15 is 0 Å². The van der Waals surface area contributed by atoms with E-state index in [1.54, 1.807) is 6.92 Å². The Morgan fingerprint density at radius 2 is 1.69 bits per heavy atom. The Morgan fingerprint density at radius 3 is 2.38 bits per heavy atom. The highest BCUT2D eigenvalue weighted by Crippen LogP contribution is 2.29. The lowest BCUT2D eigenvalue weighted by Crippen LogP contribution is -1.96. The summed E-state index contributed by atoms with van der Waals surface area (Å²) < 4.78 is 0. The van der Waals surface area contributed by atoms with Crippen LogP contribution in [-0.4, -0.2) is 15.8 Å². The Balaban J connectivity index is 1.69. The van der Waals surface area contributed by atoms with Gasteiger partial charge in [-0.25, -0.2) is 9.97 Å². The number of aromatic nitrogens is 2. The average Bonchev–Trinajstić information content (AvgIpc) is 2.75. The van der Waals surface area contributed by atoms with Crippen molar-refractivity contribution in [2.45, 2.75) is 13.3 Å². The molecule has 3 aromatic carbocycles. The van der Waals surface area contributed by atoms with Gasteiger partial charge in [0.05, 0.1) is 18.0 Å². The Bertz CT molecular complexity index is 1220. The molecule has 5 heteroatoms. The lowest BCUT2D eigenvalue weighted by Gasteiger charge is -2.10. The zero-order valence-electron chi connectivity index (χ0n) is 15.9. The number of nitriles is 1. The summed E-state index contributed by atoms with van der Waals surface area (Å²) in [5.41, 5.74) is 5.44. The van der Waals surface area contributed by atoms with Crippen LogP contribution in [0, 0.1) is 11.3 Å². The predicted octanol–water partition coefficient (Wildman–Crippen LogP) is 5.31. The molecule has 29 heavy (non-hydrogen) atoms. The number of nitrogens with one attached hydrogen (secondary N) is 1. The largest absolute Gasteiger partial charge is 0.340 e. The van der Waals surface area contributed by atoms with Crippen LogP contribution < -0.4 is 5.32 Å². The van der Waals surface area contributed by atoms with Gasteiger partial charge in [-0.15, -0.1) is 0 Å². The molecule has 1 heterocycles. The monoisotopic (exact) mass is 378 g/mol. The maximum absolute atomic E-state index is 11.5. The molecular formula is C24H18N4O. The summed E-state index contributed by atoms with van der Waals surface area (Å²) in [6.07, 6.45) is 1.93. The second-order valence-electron chi connectivity index (χ2n) is 6.74. The maximum Gasteiger partial charge on any atom is 0.159 e. The van der Waals surface area contributed by atoms with Gasteiger partial charge >= 0.3 is 0 Å². The summed E-state index contributed by atoms with van der Waals surface area (Å²) in [6, 6.07) is 23.5. The van der Waals surface area contributed by atoms with Crippen LogP contribution >= 0.6 is 0 Å². The number of ketones is 1. The molecule has 0 fully saturated rings. The number of hydrogen-bond acceptors (Lipinski definition) is 5. The lowest BCUT2D eigenvalue weighted by molar-refractivity contribution is 0.101. The highest BCUT2D eigenvalue weighted by Gasteiger charge is 2.08. The minimum atomic E-state index is 0.0516. The minimum absolute atomic E-state index is 0.0516. The summed E-state index contributed by atoms with van der Waals surface area (Å²) in [5, 5.41) is 13.1. The van der Waals surface area contributed by atoms with Gasteiger partial charge in [-0.1, -0.05) is 42.5 Å².